The number of furan rings is 1. The van der Waals surface area contributed by atoms with Crippen molar-refractivity contribution in [2.24, 2.45) is 0 Å². The van der Waals surface area contributed by atoms with Crippen LogP contribution >= 0.6 is 11.8 Å². The molecule has 4 nitrogen and oxygen atoms in total. The molecule has 4 rings (SSSR count). The summed E-state index contributed by atoms with van der Waals surface area (Å²) in [6.07, 6.45) is 5.08. The lowest BCUT2D eigenvalue weighted by Crippen LogP contribution is -2.47. The lowest BCUT2D eigenvalue weighted by molar-refractivity contribution is -0.0385. The molecule has 0 saturated carbocycles. The third-order valence-corrected chi connectivity index (χ3v) is 7.30. The highest BCUT2D eigenvalue weighted by atomic mass is 32.2. The summed E-state index contributed by atoms with van der Waals surface area (Å²) < 4.78 is 16.9. The van der Waals surface area contributed by atoms with Gasteiger partial charge < -0.3 is 18.8 Å². The fourth-order valence-corrected chi connectivity index (χ4v) is 5.15. The van der Waals surface area contributed by atoms with Crippen LogP contribution in [0, 0.1) is 0 Å². The third-order valence-electron chi connectivity index (χ3n) is 6.02. The molecule has 1 aliphatic rings. The van der Waals surface area contributed by atoms with Crippen molar-refractivity contribution in [3.63, 3.8) is 0 Å². The number of ether oxygens (including phenoxy) is 2. The van der Waals surface area contributed by atoms with Crippen LogP contribution in [0.5, 0.6) is 5.75 Å². The fourth-order valence-electron chi connectivity index (χ4n) is 3.98. The molecule has 0 atom stereocenters. The molecule has 29 heavy (non-hydrogen) atoms. The van der Waals surface area contributed by atoms with Gasteiger partial charge in [-0.15, -0.1) is 11.8 Å². The minimum Gasteiger partial charge on any atom is -0.497 e. The topological polar surface area (TPSA) is 34.8 Å². The smallest absolute Gasteiger partial charge is 0.134 e. The molecule has 1 fully saturated rings. The van der Waals surface area contributed by atoms with Crippen molar-refractivity contribution in [2.45, 2.75) is 29.8 Å². The first-order chi connectivity index (χ1) is 14.2. The van der Waals surface area contributed by atoms with Gasteiger partial charge >= 0.3 is 0 Å². The van der Waals surface area contributed by atoms with Crippen LogP contribution in [0.15, 0.2) is 64.1 Å². The highest BCUT2D eigenvalue weighted by Gasteiger charge is 2.34. The van der Waals surface area contributed by atoms with E-state index in [2.05, 4.69) is 29.2 Å². The molecular formula is C24H29NO3S. The standard InChI is InChI=1S/C24H29NO3S/c1-26-20-7-9-21(10-8-20)29-18-24(27-2)12-15-25(16-13-24)14-11-19-17-28-23-6-4-3-5-22(19)23/h3-10,17H,11-16,18H2,1-2H3. The quantitative estimate of drug-likeness (QED) is 0.473. The molecule has 154 valence electrons. The summed E-state index contributed by atoms with van der Waals surface area (Å²) in [5.41, 5.74) is 2.25. The zero-order valence-corrected chi connectivity index (χ0v) is 18.0. The van der Waals surface area contributed by atoms with Gasteiger partial charge in [-0.1, -0.05) is 18.2 Å². The van der Waals surface area contributed by atoms with Crippen LogP contribution in [0.3, 0.4) is 0 Å². The van der Waals surface area contributed by atoms with E-state index in [1.54, 1.807) is 7.11 Å². The Hall–Kier alpha value is -1.95. The average Bonchev–Trinajstić information content (AvgIpc) is 3.20. The van der Waals surface area contributed by atoms with Gasteiger partial charge in [0.2, 0.25) is 0 Å². The second-order valence-corrected chi connectivity index (χ2v) is 8.75. The molecule has 0 radical (unpaired) electrons. The summed E-state index contributed by atoms with van der Waals surface area (Å²) >= 11 is 1.87. The normalized spacial score (nSPS) is 16.9. The summed E-state index contributed by atoms with van der Waals surface area (Å²) in [6.45, 7) is 3.22. The molecule has 1 saturated heterocycles. The molecule has 0 N–H and O–H groups in total. The van der Waals surface area contributed by atoms with E-state index in [1.165, 1.54) is 15.8 Å². The number of para-hydroxylation sites is 1. The number of fused-ring (bicyclic) bond motifs is 1. The van der Waals surface area contributed by atoms with Crippen molar-refractivity contribution >= 4 is 22.7 Å². The highest BCUT2D eigenvalue weighted by Crippen LogP contribution is 2.33. The first-order valence-electron chi connectivity index (χ1n) is 10.2. The molecule has 2 aromatic carbocycles. The van der Waals surface area contributed by atoms with Gasteiger partial charge in [0.25, 0.3) is 0 Å². The maximum absolute atomic E-state index is 6.01. The lowest BCUT2D eigenvalue weighted by atomic mass is 9.93. The number of hydrogen-bond acceptors (Lipinski definition) is 5. The van der Waals surface area contributed by atoms with Gasteiger partial charge in [0.05, 0.1) is 19.0 Å². The Morgan fingerprint density at radius 2 is 1.79 bits per heavy atom. The van der Waals surface area contributed by atoms with Gasteiger partial charge in [-0.05, 0) is 55.2 Å². The molecule has 0 amide bonds. The van der Waals surface area contributed by atoms with Crippen molar-refractivity contribution < 1.29 is 13.9 Å². The third kappa shape index (κ3) is 4.80. The molecular weight excluding hydrogens is 382 g/mol. The number of nitrogens with zero attached hydrogens (tertiary/aromatic N) is 1. The summed E-state index contributed by atoms with van der Waals surface area (Å²) in [5, 5.41) is 1.24. The summed E-state index contributed by atoms with van der Waals surface area (Å²) in [7, 11) is 3.56. The van der Waals surface area contributed by atoms with Gasteiger partial charge in [0, 0.05) is 42.8 Å². The molecule has 2 heterocycles. The number of benzene rings is 2. The predicted molar refractivity (Wildman–Crippen MR) is 119 cm³/mol. The molecule has 0 unspecified atom stereocenters. The highest BCUT2D eigenvalue weighted by molar-refractivity contribution is 7.99. The average molecular weight is 412 g/mol. The Labute approximate surface area is 177 Å². The first-order valence-corrected chi connectivity index (χ1v) is 11.2. The Kier molecular flexibility index (Phi) is 6.48. The van der Waals surface area contributed by atoms with Gasteiger partial charge in [-0.3, -0.25) is 0 Å². The molecule has 1 aliphatic heterocycles. The molecule has 0 bridgehead atoms. The molecule has 1 aromatic heterocycles. The first kappa shape index (κ1) is 20.3. The Balaban J connectivity index is 1.28. The van der Waals surface area contributed by atoms with Crippen LogP contribution in [0.2, 0.25) is 0 Å². The van der Waals surface area contributed by atoms with Crippen molar-refractivity contribution in [1.29, 1.82) is 0 Å². The minimum absolute atomic E-state index is 0.0383. The molecule has 0 spiro atoms. The Morgan fingerprint density at radius 1 is 1.03 bits per heavy atom. The molecule has 0 aliphatic carbocycles. The number of rotatable bonds is 8. The van der Waals surface area contributed by atoms with Crippen LogP contribution < -0.4 is 4.74 Å². The molecule has 3 aromatic rings. The minimum atomic E-state index is -0.0383. The number of thioether (sulfide) groups is 1. The van der Waals surface area contributed by atoms with Crippen molar-refractivity contribution in [1.82, 2.24) is 4.90 Å². The van der Waals surface area contributed by atoms with E-state index in [-0.39, 0.29) is 5.60 Å². The van der Waals surface area contributed by atoms with Crippen LogP contribution in [0.1, 0.15) is 18.4 Å². The largest absolute Gasteiger partial charge is 0.497 e. The van der Waals surface area contributed by atoms with Crippen LogP contribution in [-0.2, 0) is 11.2 Å². The fraction of sp³-hybridized carbons (Fsp3) is 0.417. The van der Waals surface area contributed by atoms with Crippen molar-refractivity contribution in [3.8, 4) is 5.75 Å². The van der Waals surface area contributed by atoms with E-state index >= 15 is 0 Å². The predicted octanol–water partition coefficient (Wildman–Crippen LogP) is 5.26. The van der Waals surface area contributed by atoms with Gasteiger partial charge in [-0.25, -0.2) is 0 Å². The van der Waals surface area contributed by atoms with E-state index in [9.17, 15) is 0 Å². The zero-order chi connectivity index (χ0) is 20.1. The number of methoxy groups -OCH3 is 2. The van der Waals surface area contributed by atoms with Gasteiger partial charge in [0.1, 0.15) is 11.3 Å². The maximum atomic E-state index is 6.01. The molecule has 5 heteroatoms. The van der Waals surface area contributed by atoms with E-state index in [1.807, 2.05) is 49.4 Å². The van der Waals surface area contributed by atoms with Crippen LogP contribution in [-0.4, -0.2) is 50.1 Å². The van der Waals surface area contributed by atoms with Crippen molar-refractivity contribution in [2.75, 3.05) is 39.6 Å². The number of likely N-dealkylation sites (tertiary alicyclic amines) is 1. The van der Waals surface area contributed by atoms with Gasteiger partial charge in [0.15, 0.2) is 0 Å². The second kappa shape index (κ2) is 9.24. The Morgan fingerprint density at radius 3 is 2.52 bits per heavy atom. The maximum Gasteiger partial charge on any atom is 0.134 e. The van der Waals surface area contributed by atoms with Gasteiger partial charge in [-0.2, -0.15) is 0 Å². The number of hydrogen-bond donors (Lipinski definition) is 0. The van der Waals surface area contributed by atoms with E-state index in [4.69, 9.17) is 13.9 Å². The zero-order valence-electron chi connectivity index (χ0n) is 17.2. The monoisotopic (exact) mass is 411 g/mol. The second-order valence-electron chi connectivity index (χ2n) is 7.70. The van der Waals surface area contributed by atoms with Crippen molar-refractivity contribution in [3.05, 3.63) is 60.4 Å². The SMILES string of the molecule is COc1ccc(SCC2(OC)CCN(CCc3coc4ccccc34)CC2)cc1. The Bertz CT molecular complexity index is 913. The summed E-state index contributed by atoms with van der Waals surface area (Å²) in [5.74, 6) is 1.88. The summed E-state index contributed by atoms with van der Waals surface area (Å²) in [4.78, 5) is 3.81. The summed E-state index contributed by atoms with van der Waals surface area (Å²) in [6, 6.07) is 16.6. The van der Waals surface area contributed by atoms with E-state index in [0.29, 0.717) is 0 Å². The van der Waals surface area contributed by atoms with E-state index < -0.39 is 0 Å². The van der Waals surface area contributed by atoms with E-state index in [0.717, 1.165) is 56.0 Å². The number of piperidine rings is 1. The van der Waals surface area contributed by atoms with Crippen LogP contribution in [0.4, 0.5) is 0 Å². The van der Waals surface area contributed by atoms with Crippen LogP contribution in [0.25, 0.3) is 11.0 Å². The lowest BCUT2D eigenvalue weighted by Gasteiger charge is -2.40.